The predicted octanol–water partition coefficient (Wildman–Crippen LogP) is 1.92. The summed E-state index contributed by atoms with van der Waals surface area (Å²) in [5.41, 5.74) is 0.536. The number of nitrogens with one attached hydrogen (secondary N) is 2. The van der Waals surface area contributed by atoms with Gasteiger partial charge < -0.3 is 10.6 Å². The molecule has 136 valence electrons. The molecule has 1 aromatic carbocycles. The summed E-state index contributed by atoms with van der Waals surface area (Å²) in [4.78, 5) is 11.7. The molecule has 1 saturated heterocycles. The van der Waals surface area contributed by atoms with Gasteiger partial charge in [0, 0.05) is 36.8 Å². The molecule has 1 aromatic rings. The molecule has 0 bridgehead atoms. The number of carbonyl (C=O) groups is 1. The minimum atomic E-state index is -3.59. The van der Waals surface area contributed by atoms with Crippen LogP contribution in [0.3, 0.4) is 0 Å². The third-order valence-electron chi connectivity index (χ3n) is 3.66. The monoisotopic (exact) mass is 396 g/mol. The van der Waals surface area contributed by atoms with E-state index in [9.17, 15) is 17.6 Å². The fourth-order valence-electron chi connectivity index (χ4n) is 2.45. The van der Waals surface area contributed by atoms with Gasteiger partial charge in [0.25, 0.3) is 0 Å². The molecule has 0 radical (unpaired) electrons. The summed E-state index contributed by atoms with van der Waals surface area (Å²) in [5, 5.41) is 6.11. The maximum atomic E-state index is 13.9. The van der Waals surface area contributed by atoms with Gasteiger partial charge in [0.05, 0.1) is 6.04 Å². The Labute approximate surface area is 152 Å². The number of hydrogen-bond acceptors (Lipinski definition) is 5. The van der Waals surface area contributed by atoms with Crippen LogP contribution >= 0.6 is 24.2 Å². The van der Waals surface area contributed by atoms with E-state index >= 15 is 0 Å². The number of carbonyl (C=O) groups excluding carboxylic acids is 1. The second kappa shape index (κ2) is 9.03. The van der Waals surface area contributed by atoms with Crippen LogP contribution in [0.25, 0.3) is 0 Å². The van der Waals surface area contributed by atoms with Crippen molar-refractivity contribution < 1.29 is 17.6 Å². The van der Waals surface area contributed by atoms with Gasteiger partial charge in [0.2, 0.25) is 5.91 Å². The smallest absolute Gasteiger partial charge is 0.222 e. The van der Waals surface area contributed by atoms with Crippen molar-refractivity contribution in [3.8, 4) is 0 Å². The summed E-state index contributed by atoms with van der Waals surface area (Å²) >= 11 is 1.82. The number of hydrogen-bond donors (Lipinski definition) is 2. The lowest BCUT2D eigenvalue weighted by Crippen LogP contribution is -2.41. The van der Waals surface area contributed by atoms with Crippen LogP contribution in [0.4, 0.5) is 4.39 Å². The number of benzene rings is 1. The van der Waals surface area contributed by atoms with Crippen molar-refractivity contribution in [1.82, 2.24) is 10.6 Å². The lowest BCUT2D eigenvalue weighted by atomic mass is 10.1. The summed E-state index contributed by atoms with van der Waals surface area (Å²) < 4.78 is 36.7. The standard InChI is InChI=1S/C15H21FN2O3S2.ClH/c1-10(18-15(19)8-12-9-22-6-5-17-12)11-3-4-14(13(16)7-11)23(2,20)21;/h3-4,7,10,12,17H,5-6,8-9H2,1-2H3,(H,18,19);1H. The zero-order chi connectivity index (χ0) is 17.0. The molecule has 9 heteroatoms. The van der Waals surface area contributed by atoms with Gasteiger partial charge in [0.15, 0.2) is 9.84 Å². The minimum absolute atomic E-state index is 0. The molecule has 0 aliphatic carbocycles. The van der Waals surface area contributed by atoms with Crippen molar-refractivity contribution in [1.29, 1.82) is 0 Å². The first-order valence-electron chi connectivity index (χ1n) is 7.37. The molecule has 0 spiro atoms. The zero-order valence-corrected chi connectivity index (χ0v) is 16.0. The maximum Gasteiger partial charge on any atom is 0.222 e. The van der Waals surface area contributed by atoms with Gasteiger partial charge in [-0.15, -0.1) is 12.4 Å². The molecular formula is C15H22ClFN2O3S2. The first kappa shape index (κ1) is 21.2. The van der Waals surface area contributed by atoms with Crippen LogP contribution in [0.5, 0.6) is 0 Å². The number of sulfone groups is 1. The number of amides is 1. The zero-order valence-electron chi connectivity index (χ0n) is 13.5. The van der Waals surface area contributed by atoms with E-state index in [1.807, 2.05) is 11.8 Å². The Morgan fingerprint density at radius 1 is 1.50 bits per heavy atom. The number of rotatable bonds is 5. The number of halogens is 2. The predicted molar refractivity (Wildman–Crippen MR) is 97.0 cm³/mol. The highest BCUT2D eigenvalue weighted by atomic mass is 35.5. The summed E-state index contributed by atoms with van der Waals surface area (Å²) in [6, 6.07) is 3.70. The largest absolute Gasteiger partial charge is 0.350 e. The van der Waals surface area contributed by atoms with Crippen LogP contribution in [-0.4, -0.2) is 44.7 Å². The quantitative estimate of drug-likeness (QED) is 0.795. The van der Waals surface area contributed by atoms with E-state index < -0.39 is 15.7 Å². The fraction of sp³-hybridized carbons (Fsp3) is 0.533. The number of thioether (sulfide) groups is 1. The molecular weight excluding hydrogens is 375 g/mol. The van der Waals surface area contributed by atoms with Crippen LogP contribution in [0.1, 0.15) is 24.9 Å². The average Bonchev–Trinajstić information content (AvgIpc) is 2.46. The van der Waals surface area contributed by atoms with Gasteiger partial charge in [0.1, 0.15) is 10.7 Å². The van der Waals surface area contributed by atoms with E-state index in [2.05, 4.69) is 10.6 Å². The van der Waals surface area contributed by atoms with E-state index in [4.69, 9.17) is 0 Å². The third-order valence-corrected chi connectivity index (χ3v) is 5.92. The van der Waals surface area contributed by atoms with E-state index in [-0.39, 0.29) is 35.3 Å². The molecule has 2 N–H and O–H groups in total. The van der Waals surface area contributed by atoms with Gasteiger partial charge in [-0.2, -0.15) is 11.8 Å². The first-order chi connectivity index (χ1) is 10.8. The normalized spacial score (nSPS) is 19.2. The van der Waals surface area contributed by atoms with Crippen molar-refractivity contribution in [3.63, 3.8) is 0 Å². The van der Waals surface area contributed by atoms with Crippen molar-refractivity contribution in [2.75, 3.05) is 24.3 Å². The third kappa shape index (κ3) is 5.91. The van der Waals surface area contributed by atoms with Gasteiger partial charge in [-0.25, -0.2) is 12.8 Å². The molecule has 1 amide bonds. The molecule has 5 nitrogen and oxygen atoms in total. The van der Waals surface area contributed by atoms with Gasteiger partial charge in [-0.1, -0.05) is 6.07 Å². The highest BCUT2D eigenvalue weighted by molar-refractivity contribution is 7.99. The molecule has 24 heavy (non-hydrogen) atoms. The Morgan fingerprint density at radius 3 is 2.75 bits per heavy atom. The van der Waals surface area contributed by atoms with Gasteiger partial charge in [-0.3, -0.25) is 4.79 Å². The fourth-order valence-corrected chi connectivity index (χ4v) is 4.12. The van der Waals surface area contributed by atoms with Crippen molar-refractivity contribution in [2.24, 2.45) is 0 Å². The molecule has 2 rings (SSSR count). The molecule has 2 atom stereocenters. The van der Waals surface area contributed by atoms with Crippen LogP contribution < -0.4 is 10.6 Å². The maximum absolute atomic E-state index is 13.9. The minimum Gasteiger partial charge on any atom is -0.350 e. The molecule has 1 aliphatic rings. The summed E-state index contributed by atoms with van der Waals surface area (Å²) in [6.45, 7) is 2.65. The van der Waals surface area contributed by atoms with Crippen LogP contribution in [-0.2, 0) is 14.6 Å². The van der Waals surface area contributed by atoms with Crippen LogP contribution in [0, 0.1) is 5.82 Å². The Balaban J connectivity index is 0.00000288. The highest BCUT2D eigenvalue weighted by Crippen LogP contribution is 2.20. The van der Waals surface area contributed by atoms with E-state index in [1.54, 1.807) is 6.92 Å². The summed E-state index contributed by atoms with van der Waals surface area (Å²) in [7, 11) is -3.59. The van der Waals surface area contributed by atoms with Crippen LogP contribution in [0.15, 0.2) is 23.1 Å². The van der Waals surface area contributed by atoms with Crippen LogP contribution in [0.2, 0.25) is 0 Å². The summed E-state index contributed by atoms with van der Waals surface area (Å²) in [5.74, 6) is 1.06. The van der Waals surface area contributed by atoms with E-state index in [0.717, 1.165) is 30.4 Å². The van der Waals surface area contributed by atoms with Gasteiger partial charge >= 0.3 is 0 Å². The molecule has 1 fully saturated rings. The Bertz CT molecular complexity index is 679. The Morgan fingerprint density at radius 2 is 2.21 bits per heavy atom. The molecule has 1 heterocycles. The lowest BCUT2D eigenvalue weighted by molar-refractivity contribution is -0.122. The second-order valence-electron chi connectivity index (χ2n) is 5.68. The average molecular weight is 397 g/mol. The molecule has 1 aliphatic heterocycles. The van der Waals surface area contributed by atoms with E-state index in [1.165, 1.54) is 12.1 Å². The first-order valence-corrected chi connectivity index (χ1v) is 10.4. The Kier molecular flexibility index (Phi) is 7.98. The molecule has 2 unspecified atom stereocenters. The second-order valence-corrected chi connectivity index (χ2v) is 8.82. The van der Waals surface area contributed by atoms with E-state index in [0.29, 0.717) is 12.0 Å². The van der Waals surface area contributed by atoms with Gasteiger partial charge in [-0.05, 0) is 24.6 Å². The lowest BCUT2D eigenvalue weighted by Gasteiger charge is -2.23. The van der Waals surface area contributed by atoms with Crippen molar-refractivity contribution in [2.45, 2.75) is 30.3 Å². The summed E-state index contributed by atoms with van der Waals surface area (Å²) in [6.07, 6.45) is 1.34. The van der Waals surface area contributed by atoms with Crippen molar-refractivity contribution >= 4 is 39.9 Å². The molecule has 0 saturated carbocycles. The highest BCUT2D eigenvalue weighted by Gasteiger charge is 2.20. The molecule has 0 aromatic heterocycles. The SMILES string of the molecule is CC(NC(=O)CC1CSCCN1)c1ccc(S(C)(=O)=O)c(F)c1.Cl. The Hall–Kier alpha value is -0.830. The topological polar surface area (TPSA) is 75.3 Å². The van der Waals surface area contributed by atoms with Crippen molar-refractivity contribution in [3.05, 3.63) is 29.6 Å².